The van der Waals surface area contributed by atoms with Crippen LogP contribution in [0.3, 0.4) is 0 Å². The van der Waals surface area contributed by atoms with Crippen molar-refractivity contribution in [3.8, 4) is 0 Å². The van der Waals surface area contributed by atoms with Gasteiger partial charge in [-0.2, -0.15) is 0 Å². The fraction of sp³-hybridized carbons (Fsp3) is 0.357. The lowest BCUT2D eigenvalue weighted by Gasteiger charge is -2.31. The Kier molecular flexibility index (Phi) is 4.02. The van der Waals surface area contributed by atoms with Crippen molar-refractivity contribution in [2.75, 3.05) is 0 Å². The predicted molar refractivity (Wildman–Crippen MR) is 70.6 cm³/mol. The monoisotopic (exact) mass is 276 g/mol. The molecule has 6 nitrogen and oxygen atoms in total. The lowest BCUT2D eigenvalue weighted by molar-refractivity contribution is -0.138. The molecular weight excluding hydrogens is 260 g/mol. The van der Waals surface area contributed by atoms with E-state index < -0.39 is 17.5 Å². The Hall–Kier alpha value is -2.37. The number of benzene rings is 1. The zero-order valence-corrected chi connectivity index (χ0v) is 11.1. The van der Waals surface area contributed by atoms with Gasteiger partial charge in [0.05, 0.1) is 0 Å². The van der Waals surface area contributed by atoms with Crippen LogP contribution in [0, 0.1) is 0 Å². The van der Waals surface area contributed by atoms with Crippen LogP contribution in [0.1, 0.15) is 25.3 Å². The molecule has 1 aliphatic heterocycles. The summed E-state index contributed by atoms with van der Waals surface area (Å²) in [5.74, 6) is -0.836. The summed E-state index contributed by atoms with van der Waals surface area (Å²) in [5.41, 5.74) is -0.252. The number of hydrogen-bond donors (Lipinski definition) is 2. The van der Waals surface area contributed by atoms with E-state index in [0.29, 0.717) is 0 Å². The highest BCUT2D eigenvalue weighted by Gasteiger charge is 2.40. The molecule has 2 N–H and O–H groups in total. The third-order valence-electron chi connectivity index (χ3n) is 3.20. The second-order valence-electron chi connectivity index (χ2n) is 4.90. The van der Waals surface area contributed by atoms with E-state index in [0.717, 1.165) is 5.56 Å². The normalized spacial score (nSPS) is 22.1. The molecular formula is C14H16N2O4. The van der Waals surface area contributed by atoms with Gasteiger partial charge in [0.2, 0.25) is 5.91 Å². The van der Waals surface area contributed by atoms with Crippen molar-refractivity contribution in [2.45, 2.75) is 31.9 Å². The molecule has 1 aliphatic rings. The first-order valence-corrected chi connectivity index (χ1v) is 6.33. The summed E-state index contributed by atoms with van der Waals surface area (Å²) in [6.45, 7) is 1.70. The van der Waals surface area contributed by atoms with Crippen molar-refractivity contribution in [3.63, 3.8) is 0 Å². The molecule has 1 atom stereocenters. The van der Waals surface area contributed by atoms with Gasteiger partial charge in [-0.3, -0.25) is 14.9 Å². The van der Waals surface area contributed by atoms with Crippen molar-refractivity contribution in [3.05, 3.63) is 35.9 Å². The van der Waals surface area contributed by atoms with Gasteiger partial charge in [0.15, 0.2) is 0 Å². The molecule has 0 spiro atoms. The highest BCUT2D eigenvalue weighted by atomic mass is 16.5. The minimum absolute atomic E-state index is 0.128. The van der Waals surface area contributed by atoms with E-state index in [-0.39, 0.29) is 25.4 Å². The van der Waals surface area contributed by atoms with E-state index in [1.165, 1.54) is 0 Å². The number of alkyl carbamates (subject to hydrolysis) is 1. The first-order valence-electron chi connectivity index (χ1n) is 6.33. The summed E-state index contributed by atoms with van der Waals surface area (Å²) in [6, 6.07) is 9.23. The van der Waals surface area contributed by atoms with Crippen LogP contribution < -0.4 is 10.6 Å². The summed E-state index contributed by atoms with van der Waals surface area (Å²) < 4.78 is 5.06. The number of carbonyl (C=O) groups excluding carboxylic acids is 3. The third-order valence-corrected chi connectivity index (χ3v) is 3.20. The van der Waals surface area contributed by atoms with Crippen LogP contribution in [0.15, 0.2) is 30.3 Å². The van der Waals surface area contributed by atoms with E-state index in [9.17, 15) is 14.4 Å². The van der Waals surface area contributed by atoms with Gasteiger partial charge in [0.25, 0.3) is 5.91 Å². The molecule has 20 heavy (non-hydrogen) atoms. The minimum Gasteiger partial charge on any atom is -0.445 e. The van der Waals surface area contributed by atoms with Gasteiger partial charge >= 0.3 is 6.09 Å². The molecule has 6 heteroatoms. The number of carbonyl (C=O) groups is 3. The molecule has 1 saturated heterocycles. The van der Waals surface area contributed by atoms with Crippen LogP contribution in [0.2, 0.25) is 0 Å². The summed E-state index contributed by atoms with van der Waals surface area (Å²) in [6.07, 6.45) is -0.222. The largest absolute Gasteiger partial charge is 0.445 e. The fourth-order valence-corrected chi connectivity index (χ4v) is 1.91. The van der Waals surface area contributed by atoms with Crippen molar-refractivity contribution in [1.82, 2.24) is 10.6 Å². The minimum atomic E-state index is -1.11. The van der Waals surface area contributed by atoms with Gasteiger partial charge in [-0.15, -0.1) is 0 Å². The Bertz CT molecular complexity index is 529. The molecule has 1 heterocycles. The zero-order chi connectivity index (χ0) is 14.6. The van der Waals surface area contributed by atoms with Crippen molar-refractivity contribution in [1.29, 1.82) is 0 Å². The van der Waals surface area contributed by atoms with Crippen LogP contribution in [0.25, 0.3) is 0 Å². The van der Waals surface area contributed by atoms with Gasteiger partial charge in [0, 0.05) is 6.42 Å². The molecule has 1 aromatic carbocycles. The molecule has 3 amide bonds. The first kappa shape index (κ1) is 14.0. The molecule has 2 rings (SSSR count). The van der Waals surface area contributed by atoms with E-state index in [2.05, 4.69) is 10.6 Å². The van der Waals surface area contributed by atoms with E-state index in [4.69, 9.17) is 4.74 Å². The summed E-state index contributed by atoms with van der Waals surface area (Å²) in [7, 11) is 0. The van der Waals surface area contributed by atoms with Crippen molar-refractivity contribution >= 4 is 17.9 Å². The Morgan fingerprint density at radius 3 is 2.70 bits per heavy atom. The maximum Gasteiger partial charge on any atom is 0.408 e. The second-order valence-corrected chi connectivity index (χ2v) is 4.90. The number of amides is 3. The number of nitrogens with one attached hydrogen (secondary N) is 2. The number of ether oxygens (including phenoxy) is 1. The summed E-state index contributed by atoms with van der Waals surface area (Å²) in [5, 5.41) is 4.71. The number of piperidine rings is 1. The zero-order valence-electron chi connectivity index (χ0n) is 11.1. The average Bonchev–Trinajstić information content (AvgIpc) is 2.43. The molecule has 106 valence electrons. The maximum absolute atomic E-state index is 11.7. The molecule has 0 bridgehead atoms. The molecule has 0 radical (unpaired) electrons. The topological polar surface area (TPSA) is 84.5 Å². The molecule has 0 aliphatic carbocycles. The first-order chi connectivity index (χ1) is 9.49. The third kappa shape index (κ3) is 3.34. The SMILES string of the molecule is C[C@@]1(NC(=O)OCc2ccccc2)CCC(=O)NC1=O. The van der Waals surface area contributed by atoms with E-state index >= 15 is 0 Å². The smallest absolute Gasteiger partial charge is 0.408 e. The van der Waals surface area contributed by atoms with Crippen LogP contribution in [0.4, 0.5) is 4.79 Å². The van der Waals surface area contributed by atoms with Crippen LogP contribution in [-0.4, -0.2) is 23.4 Å². The predicted octanol–water partition coefficient (Wildman–Crippen LogP) is 1.11. The van der Waals surface area contributed by atoms with Crippen LogP contribution >= 0.6 is 0 Å². The lowest BCUT2D eigenvalue weighted by atomic mass is 9.91. The summed E-state index contributed by atoms with van der Waals surface area (Å²) >= 11 is 0. The molecule has 0 aromatic heterocycles. The van der Waals surface area contributed by atoms with Crippen LogP contribution in [-0.2, 0) is 20.9 Å². The highest BCUT2D eigenvalue weighted by Crippen LogP contribution is 2.17. The standard InChI is InChI=1S/C14H16N2O4/c1-14(8-7-11(17)15-12(14)18)16-13(19)20-9-10-5-3-2-4-6-10/h2-6H,7-9H2,1H3,(H,16,19)(H,15,17,18)/t14-/m1/s1. The molecule has 0 saturated carbocycles. The Balaban J connectivity index is 1.88. The lowest BCUT2D eigenvalue weighted by Crippen LogP contribution is -2.61. The Morgan fingerprint density at radius 1 is 1.35 bits per heavy atom. The second kappa shape index (κ2) is 5.73. The number of hydrogen-bond acceptors (Lipinski definition) is 4. The summed E-state index contributed by atoms with van der Waals surface area (Å²) in [4.78, 5) is 34.5. The fourth-order valence-electron chi connectivity index (χ4n) is 1.91. The maximum atomic E-state index is 11.7. The van der Waals surface area contributed by atoms with E-state index in [1.807, 2.05) is 30.3 Å². The van der Waals surface area contributed by atoms with Gasteiger partial charge in [0.1, 0.15) is 12.1 Å². The van der Waals surface area contributed by atoms with Crippen molar-refractivity contribution in [2.24, 2.45) is 0 Å². The van der Waals surface area contributed by atoms with Gasteiger partial charge < -0.3 is 10.1 Å². The van der Waals surface area contributed by atoms with Gasteiger partial charge in [-0.05, 0) is 18.9 Å². The number of imide groups is 1. The molecule has 1 fully saturated rings. The Morgan fingerprint density at radius 2 is 2.05 bits per heavy atom. The van der Waals surface area contributed by atoms with Gasteiger partial charge in [-0.1, -0.05) is 30.3 Å². The quantitative estimate of drug-likeness (QED) is 0.810. The average molecular weight is 276 g/mol. The highest BCUT2D eigenvalue weighted by molar-refractivity contribution is 6.03. The number of rotatable bonds is 3. The van der Waals surface area contributed by atoms with Gasteiger partial charge in [-0.25, -0.2) is 4.79 Å². The van der Waals surface area contributed by atoms with E-state index in [1.54, 1.807) is 6.92 Å². The Labute approximate surface area is 116 Å². The van der Waals surface area contributed by atoms with Crippen LogP contribution in [0.5, 0.6) is 0 Å². The van der Waals surface area contributed by atoms with Crippen molar-refractivity contribution < 1.29 is 19.1 Å². The molecule has 0 unspecified atom stereocenters. The molecule has 1 aromatic rings.